The zero-order valence-electron chi connectivity index (χ0n) is 16.4. The van der Waals surface area contributed by atoms with Gasteiger partial charge in [-0.05, 0) is 11.6 Å². The molecule has 2 aromatic carbocycles. The molecular weight excluding hydrogens is 538 g/mol. The van der Waals surface area contributed by atoms with Crippen LogP contribution in [-0.4, -0.2) is 47.6 Å². The predicted octanol–water partition coefficient (Wildman–Crippen LogP) is 4.14. The second-order valence-corrected chi connectivity index (χ2v) is 6.21. The Bertz CT molecular complexity index is 1080. The molecule has 8 heteroatoms. The van der Waals surface area contributed by atoms with Crippen molar-refractivity contribution in [2.45, 2.75) is 0 Å². The molecule has 0 aliphatic heterocycles. The van der Waals surface area contributed by atoms with Crippen LogP contribution in [0.4, 0.5) is 5.82 Å². The van der Waals surface area contributed by atoms with Gasteiger partial charge in [-0.2, -0.15) is 14.1 Å². The van der Waals surface area contributed by atoms with Crippen LogP contribution in [0.15, 0.2) is 54.6 Å². The number of hydrogen-bond acceptors (Lipinski definition) is 3. The van der Waals surface area contributed by atoms with E-state index in [-0.39, 0.29) is 32.8 Å². The van der Waals surface area contributed by atoms with E-state index in [9.17, 15) is 9.90 Å². The molecule has 0 radical (unpaired) electrons. The van der Waals surface area contributed by atoms with Crippen molar-refractivity contribution in [1.82, 2.24) is 15.0 Å². The van der Waals surface area contributed by atoms with Crippen molar-refractivity contribution in [2.75, 3.05) is 26.0 Å². The third-order valence-electron chi connectivity index (χ3n) is 4.16. The Balaban J connectivity index is 0.000000708. The van der Waals surface area contributed by atoms with Crippen LogP contribution in [0, 0.1) is 0 Å². The fourth-order valence-corrected chi connectivity index (χ4v) is 2.98. The van der Waals surface area contributed by atoms with Crippen molar-refractivity contribution in [3.63, 3.8) is 0 Å². The summed E-state index contributed by atoms with van der Waals surface area (Å²) in [6.45, 7) is 0. The van der Waals surface area contributed by atoms with Crippen molar-refractivity contribution in [1.29, 1.82) is 0 Å². The summed E-state index contributed by atoms with van der Waals surface area (Å²) in [5.41, 5.74) is 3.73. The van der Waals surface area contributed by atoms with Gasteiger partial charge in [-0.1, -0.05) is 48.5 Å². The largest absolute Gasteiger partial charge is 0.668 e. The smallest absolute Gasteiger partial charge is 0.234 e. The third kappa shape index (κ3) is 4.58. The molecule has 3 N–H and O–H groups in total. The second kappa shape index (κ2) is 10.0. The van der Waals surface area contributed by atoms with Gasteiger partial charge in [0.05, 0.1) is 11.3 Å². The summed E-state index contributed by atoms with van der Waals surface area (Å²) in [7, 11) is 5.04. The van der Waals surface area contributed by atoms with E-state index in [0.717, 1.165) is 27.7 Å². The zero-order valence-corrected chi connectivity index (χ0v) is 19.3. The van der Waals surface area contributed by atoms with Gasteiger partial charge in [-0.15, -0.1) is 0 Å². The number of anilines is 1. The predicted molar refractivity (Wildman–Crippen MR) is 113 cm³/mol. The number of imidazole rings is 1. The molecule has 7 nitrogen and oxygen atoms in total. The van der Waals surface area contributed by atoms with Crippen LogP contribution >= 0.6 is 0 Å². The summed E-state index contributed by atoms with van der Waals surface area (Å²) in [6, 6.07) is 17.8. The average molecular weight is 560 g/mol. The fourth-order valence-electron chi connectivity index (χ4n) is 2.98. The number of para-hydroxylation sites is 1. The number of amides is 1. The monoisotopic (exact) mass is 560 g/mol. The Morgan fingerprint density at radius 2 is 1.66 bits per heavy atom. The SMILES string of the molecule is CN(C=O)c1nc(-c2c(-c3ccccc3)[nH]c3ccccc23)[nH]c1O.C[N-]C.[W]. The van der Waals surface area contributed by atoms with Crippen LogP contribution in [0.5, 0.6) is 5.88 Å². The molecule has 0 bridgehead atoms. The summed E-state index contributed by atoms with van der Waals surface area (Å²) in [5, 5.41) is 14.6. The summed E-state index contributed by atoms with van der Waals surface area (Å²) < 4.78 is 0. The van der Waals surface area contributed by atoms with Crippen LogP contribution < -0.4 is 4.90 Å². The van der Waals surface area contributed by atoms with E-state index in [2.05, 4.69) is 20.3 Å². The van der Waals surface area contributed by atoms with Crippen LogP contribution in [-0.2, 0) is 25.9 Å². The molecule has 0 saturated heterocycles. The van der Waals surface area contributed by atoms with Crippen molar-refractivity contribution in [2.24, 2.45) is 0 Å². The first-order valence-electron chi connectivity index (χ1n) is 8.72. The zero-order chi connectivity index (χ0) is 20.1. The van der Waals surface area contributed by atoms with Gasteiger partial charge in [-0.3, -0.25) is 9.69 Å². The topological polar surface area (TPSA) is 99.1 Å². The number of aromatic nitrogens is 3. The minimum atomic E-state index is -0.145. The van der Waals surface area contributed by atoms with E-state index < -0.39 is 0 Å². The van der Waals surface area contributed by atoms with Crippen molar-refractivity contribution in [3.05, 3.63) is 59.9 Å². The molecule has 0 spiro atoms. The molecule has 0 fully saturated rings. The molecule has 2 heterocycles. The molecule has 0 aliphatic carbocycles. The number of aromatic hydroxyl groups is 1. The van der Waals surface area contributed by atoms with E-state index in [4.69, 9.17) is 0 Å². The average Bonchev–Trinajstić information content (AvgIpc) is 3.29. The van der Waals surface area contributed by atoms with Gasteiger partial charge in [0.15, 0.2) is 5.82 Å². The summed E-state index contributed by atoms with van der Waals surface area (Å²) in [4.78, 5) is 23.0. The Hall–Kier alpha value is -2.89. The van der Waals surface area contributed by atoms with Crippen molar-refractivity contribution in [3.8, 4) is 28.5 Å². The van der Waals surface area contributed by atoms with Gasteiger partial charge < -0.3 is 20.4 Å². The molecule has 0 unspecified atom stereocenters. The van der Waals surface area contributed by atoms with Gasteiger partial charge in [0, 0.05) is 39.0 Å². The molecule has 1 amide bonds. The van der Waals surface area contributed by atoms with Crippen LogP contribution in [0.2, 0.25) is 0 Å². The standard InChI is InChI=1S/C19H16N4O2.C2H6N.W/c1-23(11-24)18-19(25)22-17(21-18)15-13-9-5-6-10-14(13)20-16(15)12-7-3-2-4-8-12;1-3-2;/h2-11,20,25H,1H3,(H,21,22);1-2H3;/q;-1;. The third-order valence-corrected chi connectivity index (χ3v) is 4.16. The Labute approximate surface area is 183 Å². The number of rotatable bonds is 4. The quantitative estimate of drug-likeness (QED) is 0.328. The summed E-state index contributed by atoms with van der Waals surface area (Å²) in [5.74, 6) is 0.542. The fraction of sp³-hybridized carbons (Fsp3) is 0.143. The number of hydrogen-bond donors (Lipinski definition) is 3. The number of carbonyl (C=O) groups is 1. The maximum atomic E-state index is 11.0. The first-order valence-corrected chi connectivity index (χ1v) is 8.72. The molecule has 0 aliphatic rings. The van der Waals surface area contributed by atoms with Crippen LogP contribution in [0.25, 0.3) is 38.9 Å². The minimum absolute atomic E-state index is 0. The Kier molecular flexibility index (Phi) is 7.76. The van der Waals surface area contributed by atoms with Gasteiger partial charge >= 0.3 is 0 Å². The number of nitrogens with zero attached hydrogens (tertiary/aromatic N) is 3. The van der Waals surface area contributed by atoms with Gasteiger partial charge in [0.25, 0.3) is 0 Å². The van der Waals surface area contributed by atoms with E-state index in [0.29, 0.717) is 12.2 Å². The van der Waals surface area contributed by atoms with E-state index in [1.54, 1.807) is 21.1 Å². The van der Waals surface area contributed by atoms with E-state index >= 15 is 0 Å². The van der Waals surface area contributed by atoms with Crippen molar-refractivity contribution < 1.29 is 31.0 Å². The van der Waals surface area contributed by atoms with Gasteiger partial charge in [0.1, 0.15) is 5.82 Å². The number of H-pyrrole nitrogens is 2. The molecule has 150 valence electrons. The molecule has 2 aromatic heterocycles. The van der Waals surface area contributed by atoms with E-state index in [1.165, 1.54) is 4.90 Å². The normalized spacial score (nSPS) is 10.0. The molecular formula is C21H22N5O2W-. The van der Waals surface area contributed by atoms with Crippen LogP contribution in [0.3, 0.4) is 0 Å². The Morgan fingerprint density at radius 3 is 2.31 bits per heavy atom. The van der Waals surface area contributed by atoms with Gasteiger partial charge in [0.2, 0.25) is 12.3 Å². The molecule has 4 aromatic rings. The Morgan fingerprint density at radius 1 is 1.03 bits per heavy atom. The second-order valence-electron chi connectivity index (χ2n) is 6.21. The number of carbonyl (C=O) groups excluding carboxylic acids is 1. The molecule has 4 rings (SSSR count). The maximum Gasteiger partial charge on any atom is 0.234 e. The first-order chi connectivity index (χ1) is 13.6. The number of fused-ring (bicyclic) bond motifs is 1. The van der Waals surface area contributed by atoms with Crippen LogP contribution in [0.1, 0.15) is 0 Å². The maximum absolute atomic E-state index is 11.0. The van der Waals surface area contributed by atoms with Gasteiger partial charge in [-0.25, -0.2) is 4.98 Å². The number of benzene rings is 2. The van der Waals surface area contributed by atoms with Crippen molar-refractivity contribution >= 4 is 23.1 Å². The molecule has 29 heavy (non-hydrogen) atoms. The molecule has 0 saturated carbocycles. The summed E-state index contributed by atoms with van der Waals surface area (Å²) in [6.07, 6.45) is 0.604. The summed E-state index contributed by atoms with van der Waals surface area (Å²) >= 11 is 0. The number of nitrogens with one attached hydrogen (secondary N) is 2. The van der Waals surface area contributed by atoms with E-state index in [1.807, 2.05) is 54.6 Å². The minimum Gasteiger partial charge on any atom is -0.668 e. The number of aromatic amines is 2. The first kappa shape index (κ1) is 22.4. The molecule has 0 atom stereocenters.